The highest BCUT2D eigenvalue weighted by Gasteiger charge is 2.31. The summed E-state index contributed by atoms with van der Waals surface area (Å²) >= 11 is 0. The molecule has 1 aliphatic rings. The van der Waals surface area contributed by atoms with Gasteiger partial charge < -0.3 is 10.0 Å². The maximum Gasteiger partial charge on any atom is 0.297 e. The van der Waals surface area contributed by atoms with Crippen molar-refractivity contribution in [3.05, 3.63) is 66.0 Å². The molecule has 3 aromatic rings. The van der Waals surface area contributed by atoms with E-state index in [-0.39, 0.29) is 18.4 Å². The Kier molecular flexibility index (Phi) is 4.99. The van der Waals surface area contributed by atoms with Crippen LogP contribution >= 0.6 is 0 Å². The van der Waals surface area contributed by atoms with Gasteiger partial charge in [-0.15, -0.1) is 0 Å². The quantitative estimate of drug-likeness (QED) is 0.750. The Balaban J connectivity index is 1.69. The molecule has 2 atom stereocenters. The van der Waals surface area contributed by atoms with Gasteiger partial charge >= 0.3 is 0 Å². The normalized spacial score (nSPS) is 20.4. The van der Waals surface area contributed by atoms with E-state index in [4.69, 9.17) is 0 Å². The smallest absolute Gasteiger partial charge is 0.297 e. The number of halogens is 2. The first-order chi connectivity index (χ1) is 13.2. The van der Waals surface area contributed by atoms with Crippen molar-refractivity contribution in [3.8, 4) is 0 Å². The van der Waals surface area contributed by atoms with Crippen LogP contribution in [-0.4, -0.2) is 34.8 Å². The lowest BCUT2D eigenvalue weighted by atomic mass is 9.81. The number of anilines is 1. The van der Waals surface area contributed by atoms with Gasteiger partial charge in [0.1, 0.15) is 5.82 Å². The van der Waals surface area contributed by atoms with Gasteiger partial charge in [-0.05, 0) is 30.0 Å². The van der Waals surface area contributed by atoms with Crippen LogP contribution in [0.5, 0.6) is 0 Å². The molecule has 2 aromatic carbocycles. The number of aliphatic hydroxyl groups excluding tert-OH is 1. The molecule has 1 fully saturated rings. The van der Waals surface area contributed by atoms with Crippen LogP contribution in [0.25, 0.3) is 10.9 Å². The summed E-state index contributed by atoms with van der Waals surface area (Å²) < 4.78 is 26.6. The Morgan fingerprint density at radius 2 is 1.78 bits per heavy atom. The van der Waals surface area contributed by atoms with Crippen LogP contribution in [0.2, 0.25) is 0 Å². The number of hydrogen-bond acceptors (Lipinski definition) is 4. The van der Waals surface area contributed by atoms with Crippen LogP contribution in [0.4, 0.5) is 14.6 Å². The van der Waals surface area contributed by atoms with E-state index >= 15 is 0 Å². The molecular formula is C21H21F2N3O. The van der Waals surface area contributed by atoms with E-state index in [0.29, 0.717) is 24.4 Å². The molecule has 27 heavy (non-hydrogen) atoms. The zero-order valence-corrected chi connectivity index (χ0v) is 14.8. The van der Waals surface area contributed by atoms with E-state index in [0.717, 1.165) is 11.8 Å². The molecule has 140 valence electrons. The fourth-order valence-electron chi connectivity index (χ4n) is 3.96. The number of para-hydroxylation sites is 1. The molecule has 0 bridgehead atoms. The van der Waals surface area contributed by atoms with Crippen molar-refractivity contribution < 1.29 is 13.9 Å². The van der Waals surface area contributed by atoms with Crippen molar-refractivity contribution in [2.24, 2.45) is 5.92 Å². The first kappa shape index (κ1) is 17.8. The van der Waals surface area contributed by atoms with Crippen molar-refractivity contribution in [1.29, 1.82) is 0 Å². The minimum absolute atomic E-state index is 0.0184. The molecule has 1 N–H and O–H groups in total. The molecule has 1 saturated heterocycles. The minimum Gasteiger partial charge on any atom is -0.396 e. The Labute approximate surface area is 156 Å². The zero-order chi connectivity index (χ0) is 18.8. The van der Waals surface area contributed by atoms with E-state index in [2.05, 4.69) is 22.1 Å². The highest BCUT2D eigenvalue weighted by molar-refractivity contribution is 5.89. The van der Waals surface area contributed by atoms with E-state index < -0.39 is 12.2 Å². The van der Waals surface area contributed by atoms with Gasteiger partial charge in [-0.25, -0.2) is 18.7 Å². The second-order valence-corrected chi connectivity index (χ2v) is 6.92. The molecule has 0 radical (unpaired) electrons. The largest absolute Gasteiger partial charge is 0.396 e. The van der Waals surface area contributed by atoms with Gasteiger partial charge in [-0.1, -0.05) is 42.5 Å². The molecule has 1 aliphatic heterocycles. The van der Waals surface area contributed by atoms with Crippen LogP contribution in [0.15, 0.2) is 54.6 Å². The maximum absolute atomic E-state index is 13.3. The zero-order valence-electron chi connectivity index (χ0n) is 14.8. The molecule has 0 saturated carbocycles. The van der Waals surface area contributed by atoms with Gasteiger partial charge in [-0.3, -0.25) is 0 Å². The number of aromatic nitrogens is 2. The highest BCUT2D eigenvalue weighted by atomic mass is 19.3. The second kappa shape index (κ2) is 7.56. The van der Waals surface area contributed by atoms with Crippen LogP contribution < -0.4 is 4.90 Å². The van der Waals surface area contributed by atoms with Gasteiger partial charge in [0.2, 0.25) is 0 Å². The molecule has 6 heteroatoms. The van der Waals surface area contributed by atoms with Gasteiger partial charge in [0.25, 0.3) is 6.43 Å². The summed E-state index contributed by atoms with van der Waals surface area (Å²) in [7, 11) is 0. The summed E-state index contributed by atoms with van der Waals surface area (Å²) in [5.74, 6) is 0.343. The lowest BCUT2D eigenvalue weighted by Crippen LogP contribution is -2.41. The molecule has 0 aliphatic carbocycles. The van der Waals surface area contributed by atoms with Gasteiger partial charge in [-0.2, -0.15) is 0 Å². The monoisotopic (exact) mass is 369 g/mol. The molecule has 2 heterocycles. The summed E-state index contributed by atoms with van der Waals surface area (Å²) in [6.45, 7) is 1.31. The number of benzene rings is 2. The first-order valence-electron chi connectivity index (χ1n) is 9.13. The lowest BCUT2D eigenvalue weighted by Gasteiger charge is -2.39. The number of aliphatic hydroxyl groups is 1. The fourth-order valence-corrected chi connectivity index (χ4v) is 3.96. The Morgan fingerprint density at radius 1 is 1.04 bits per heavy atom. The molecular weight excluding hydrogens is 348 g/mol. The molecule has 0 spiro atoms. The standard InChI is InChI=1S/C21H21F2N3O/c22-19(23)20-24-18-9-5-4-8-17(18)21(25-20)26-11-10-16(15(12-26)13-27)14-6-2-1-3-7-14/h1-9,15-16,19,27H,10-13H2/t15-,16+/m1/s1. The Hall–Kier alpha value is -2.60. The van der Waals surface area contributed by atoms with Gasteiger partial charge in [0.05, 0.1) is 5.52 Å². The minimum atomic E-state index is -2.72. The molecule has 1 aromatic heterocycles. The van der Waals surface area contributed by atoms with E-state index in [9.17, 15) is 13.9 Å². The summed E-state index contributed by atoms with van der Waals surface area (Å²) in [4.78, 5) is 10.2. The van der Waals surface area contributed by atoms with Crippen molar-refractivity contribution in [2.45, 2.75) is 18.8 Å². The molecule has 4 rings (SSSR count). The maximum atomic E-state index is 13.3. The first-order valence-corrected chi connectivity index (χ1v) is 9.13. The average Bonchev–Trinajstić information content (AvgIpc) is 2.73. The van der Waals surface area contributed by atoms with Crippen LogP contribution in [0.3, 0.4) is 0 Å². The molecule has 0 unspecified atom stereocenters. The summed E-state index contributed by atoms with van der Waals surface area (Å²) in [6.07, 6.45) is -1.89. The third kappa shape index (κ3) is 3.49. The average molecular weight is 369 g/mol. The molecule has 0 amide bonds. The van der Waals surface area contributed by atoms with Crippen molar-refractivity contribution in [1.82, 2.24) is 9.97 Å². The number of fused-ring (bicyclic) bond motifs is 1. The second-order valence-electron chi connectivity index (χ2n) is 6.92. The molecule has 4 nitrogen and oxygen atoms in total. The predicted molar refractivity (Wildman–Crippen MR) is 101 cm³/mol. The number of hydrogen-bond donors (Lipinski definition) is 1. The van der Waals surface area contributed by atoms with Crippen LogP contribution in [0.1, 0.15) is 30.2 Å². The summed E-state index contributed by atoms with van der Waals surface area (Å²) in [5.41, 5.74) is 1.72. The van der Waals surface area contributed by atoms with Crippen molar-refractivity contribution in [3.63, 3.8) is 0 Å². The number of alkyl halides is 2. The van der Waals surface area contributed by atoms with Crippen molar-refractivity contribution >= 4 is 16.7 Å². The summed E-state index contributed by atoms with van der Waals surface area (Å²) in [6, 6.07) is 17.4. The number of rotatable bonds is 4. The lowest BCUT2D eigenvalue weighted by molar-refractivity contribution is 0.140. The fraction of sp³-hybridized carbons (Fsp3) is 0.333. The van der Waals surface area contributed by atoms with Crippen molar-refractivity contribution in [2.75, 3.05) is 24.6 Å². The predicted octanol–water partition coefficient (Wildman–Crippen LogP) is 4.17. The third-order valence-corrected chi connectivity index (χ3v) is 5.29. The number of nitrogens with zero attached hydrogens (tertiary/aromatic N) is 3. The SMILES string of the molecule is OC[C@H]1CN(c2nc(C(F)F)nc3ccccc23)CC[C@H]1c1ccccc1. The topological polar surface area (TPSA) is 49.2 Å². The Morgan fingerprint density at radius 3 is 2.52 bits per heavy atom. The summed E-state index contributed by atoms with van der Waals surface area (Å²) in [5, 5.41) is 10.7. The third-order valence-electron chi connectivity index (χ3n) is 5.29. The van der Waals surface area contributed by atoms with E-state index in [1.165, 1.54) is 5.56 Å². The van der Waals surface area contributed by atoms with E-state index in [1.807, 2.05) is 35.2 Å². The van der Waals surface area contributed by atoms with Crippen LogP contribution in [-0.2, 0) is 0 Å². The van der Waals surface area contributed by atoms with E-state index in [1.54, 1.807) is 12.1 Å². The number of piperidine rings is 1. The van der Waals surface area contributed by atoms with Gasteiger partial charge in [0, 0.05) is 31.0 Å². The highest BCUT2D eigenvalue weighted by Crippen LogP contribution is 2.36. The Bertz CT molecular complexity index is 920. The van der Waals surface area contributed by atoms with Gasteiger partial charge in [0.15, 0.2) is 5.82 Å². The van der Waals surface area contributed by atoms with Crippen LogP contribution in [0, 0.1) is 5.92 Å².